The number of carbonyl (C=O) groups is 2. The minimum atomic E-state index is -0.490. The number of rotatable bonds is 5. The zero-order chi connectivity index (χ0) is 17.6. The van der Waals surface area contributed by atoms with Crippen LogP contribution in [0.15, 0.2) is 54.6 Å². The molecule has 4 heteroatoms. The van der Waals surface area contributed by atoms with Crippen LogP contribution in [0.4, 0.5) is 0 Å². The van der Waals surface area contributed by atoms with E-state index in [1.54, 1.807) is 24.3 Å². The molecule has 3 rings (SSSR count). The number of carbonyl (C=O) groups excluding carboxylic acids is 2. The Morgan fingerprint density at radius 1 is 0.880 bits per heavy atom. The number of benzene rings is 2. The van der Waals surface area contributed by atoms with Crippen molar-refractivity contribution in [3.8, 4) is 0 Å². The molecule has 0 aliphatic heterocycles. The first-order valence-electron chi connectivity index (χ1n) is 8.91. The second-order valence-corrected chi connectivity index (χ2v) is 6.70. The van der Waals surface area contributed by atoms with Gasteiger partial charge in [-0.2, -0.15) is 0 Å². The molecule has 0 aromatic heterocycles. The zero-order valence-corrected chi connectivity index (χ0v) is 14.3. The summed E-state index contributed by atoms with van der Waals surface area (Å²) in [5.74, 6) is -0.142. The van der Waals surface area contributed by atoms with Gasteiger partial charge in [0.2, 0.25) is 5.91 Å². The number of hydrogen-bond acceptors (Lipinski definition) is 2. The monoisotopic (exact) mass is 336 g/mol. The van der Waals surface area contributed by atoms with Gasteiger partial charge in [-0.1, -0.05) is 49.6 Å². The van der Waals surface area contributed by atoms with E-state index in [0.29, 0.717) is 17.0 Å². The fraction of sp³-hybridized carbons (Fsp3) is 0.333. The van der Waals surface area contributed by atoms with Crippen molar-refractivity contribution >= 4 is 11.8 Å². The first kappa shape index (κ1) is 17.2. The first-order chi connectivity index (χ1) is 12.1. The fourth-order valence-corrected chi connectivity index (χ4v) is 3.61. The molecule has 1 fully saturated rings. The van der Waals surface area contributed by atoms with Gasteiger partial charge in [0.05, 0.1) is 6.04 Å². The number of primary amides is 1. The van der Waals surface area contributed by atoms with Crippen molar-refractivity contribution in [3.05, 3.63) is 71.3 Å². The molecule has 0 saturated heterocycles. The highest BCUT2D eigenvalue weighted by atomic mass is 16.2. The second kappa shape index (κ2) is 7.97. The van der Waals surface area contributed by atoms with E-state index in [-0.39, 0.29) is 11.9 Å². The Labute approximate surface area is 148 Å². The quantitative estimate of drug-likeness (QED) is 0.871. The van der Waals surface area contributed by atoms with Gasteiger partial charge in [0.15, 0.2) is 0 Å². The van der Waals surface area contributed by atoms with E-state index in [9.17, 15) is 9.59 Å². The number of amides is 2. The summed E-state index contributed by atoms with van der Waals surface area (Å²) in [7, 11) is 0. The Morgan fingerprint density at radius 3 is 2.08 bits per heavy atom. The third-order valence-corrected chi connectivity index (χ3v) is 5.00. The predicted octanol–water partition coefficient (Wildman–Crippen LogP) is 3.84. The van der Waals surface area contributed by atoms with Crippen molar-refractivity contribution in [3.63, 3.8) is 0 Å². The molecule has 1 saturated carbocycles. The molecular weight excluding hydrogens is 312 g/mol. The zero-order valence-electron chi connectivity index (χ0n) is 14.3. The summed E-state index contributed by atoms with van der Waals surface area (Å²) in [5.41, 5.74) is 7.35. The van der Waals surface area contributed by atoms with Gasteiger partial charge >= 0.3 is 0 Å². The Kier molecular flexibility index (Phi) is 5.49. The molecule has 1 aliphatic rings. The van der Waals surface area contributed by atoms with Gasteiger partial charge in [-0.05, 0) is 48.6 Å². The maximum absolute atomic E-state index is 12.7. The van der Waals surface area contributed by atoms with Crippen LogP contribution in [0, 0.1) is 5.92 Å². The van der Waals surface area contributed by atoms with Crippen LogP contribution in [-0.4, -0.2) is 11.8 Å². The van der Waals surface area contributed by atoms with Crippen molar-refractivity contribution in [2.45, 2.75) is 38.1 Å². The summed E-state index contributed by atoms with van der Waals surface area (Å²) in [6.07, 6.45) is 6.00. The van der Waals surface area contributed by atoms with E-state index < -0.39 is 5.91 Å². The molecule has 0 radical (unpaired) electrons. The van der Waals surface area contributed by atoms with E-state index in [1.165, 1.54) is 19.3 Å². The summed E-state index contributed by atoms with van der Waals surface area (Å²) in [6, 6.07) is 16.7. The van der Waals surface area contributed by atoms with Crippen LogP contribution < -0.4 is 11.1 Å². The van der Waals surface area contributed by atoms with Crippen molar-refractivity contribution in [2.75, 3.05) is 0 Å². The third-order valence-electron chi connectivity index (χ3n) is 5.00. The van der Waals surface area contributed by atoms with Gasteiger partial charge in [-0.15, -0.1) is 0 Å². The fourth-order valence-electron chi connectivity index (χ4n) is 3.61. The number of hydrogen-bond donors (Lipinski definition) is 2. The summed E-state index contributed by atoms with van der Waals surface area (Å²) >= 11 is 0. The van der Waals surface area contributed by atoms with Crippen LogP contribution in [0.2, 0.25) is 0 Å². The van der Waals surface area contributed by atoms with Crippen LogP contribution in [0.5, 0.6) is 0 Å². The van der Waals surface area contributed by atoms with Crippen LogP contribution in [0.3, 0.4) is 0 Å². The molecule has 4 nitrogen and oxygen atoms in total. The Hall–Kier alpha value is -2.62. The van der Waals surface area contributed by atoms with Gasteiger partial charge in [0, 0.05) is 11.1 Å². The molecule has 0 heterocycles. The van der Waals surface area contributed by atoms with E-state index in [1.807, 2.05) is 18.2 Å². The Balaban J connectivity index is 1.79. The molecule has 2 amide bonds. The lowest BCUT2D eigenvalue weighted by molar-refractivity contribution is 0.0911. The van der Waals surface area contributed by atoms with Gasteiger partial charge in [-0.3, -0.25) is 9.59 Å². The molecule has 3 N–H and O–H groups in total. The first-order valence-corrected chi connectivity index (χ1v) is 8.91. The molecule has 0 bridgehead atoms. The smallest absolute Gasteiger partial charge is 0.251 e. The van der Waals surface area contributed by atoms with E-state index in [4.69, 9.17) is 5.73 Å². The molecule has 2 aromatic rings. The number of nitrogens with two attached hydrogens (primary N) is 1. The highest BCUT2D eigenvalue weighted by Gasteiger charge is 2.26. The highest BCUT2D eigenvalue weighted by Crippen LogP contribution is 2.34. The average Bonchev–Trinajstić information content (AvgIpc) is 2.67. The predicted molar refractivity (Wildman–Crippen MR) is 98.2 cm³/mol. The second-order valence-electron chi connectivity index (χ2n) is 6.70. The SMILES string of the molecule is NC(=O)c1ccc(C(=O)NC(c2ccccc2)C2CCCCC2)cc1. The normalized spacial score (nSPS) is 16.2. The van der Waals surface area contributed by atoms with Crippen LogP contribution in [0.25, 0.3) is 0 Å². The molecular formula is C21H24N2O2. The van der Waals surface area contributed by atoms with E-state index in [2.05, 4.69) is 17.4 Å². The maximum atomic E-state index is 12.7. The van der Waals surface area contributed by atoms with Crippen molar-refractivity contribution in [2.24, 2.45) is 11.7 Å². The van der Waals surface area contributed by atoms with Crippen LogP contribution in [-0.2, 0) is 0 Å². The minimum Gasteiger partial charge on any atom is -0.366 e. The van der Waals surface area contributed by atoms with Gasteiger partial charge < -0.3 is 11.1 Å². The van der Waals surface area contributed by atoms with Gasteiger partial charge in [-0.25, -0.2) is 0 Å². The lowest BCUT2D eigenvalue weighted by atomic mass is 9.81. The standard InChI is InChI=1S/C21H24N2O2/c22-20(24)17-11-13-18(14-12-17)21(25)23-19(15-7-3-1-4-8-15)16-9-5-2-6-10-16/h1,3-4,7-8,11-14,16,19H,2,5-6,9-10H2,(H2,22,24)(H,23,25). The molecule has 2 aromatic carbocycles. The van der Waals surface area contributed by atoms with E-state index >= 15 is 0 Å². The van der Waals surface area contributed by atoms with Crippen LogP contribution >= 0.6 is 0 Å². The van der Waals surface area contributed by atoms with Gasteiger partial charge in [0.25, 0.3) is 5.91 Å². The Morgan fingerprint density at radius 2 is 1.48 bits per heavy atom. The van der Waals surface area contributed by atoms with E-state index in [0.717, 1.165) is 18.4 Å². The lowest BCUT2D eigenvalue weighted by Gasteiger charge is -2.31. The molecule has 0 spiro atoms. The summed E-state index contributed by atoms with van der Waals surface area (Å²) in [5, 5.41) is 3.21. The number of nitrogens with one attached hydrogen (secondary N) is 1. The summed E-state index contributed by atoms with van der Waals surface area (Å²) < 4.78 is 0. The topological polar surface area (TPSA) is 72.2 Å². The molecule has 1 atom stereocenters. The lowest BCUT2D eigenvalue weighted by Crippen LogP contribution is -2.34. The molecule has 130 valence electrons. The summed E-state index contributed by atoms with van der Waals surface area (Å²) in [4.78, 5) is 23.9. The average molecular weight is 336 g/mol. The molecule has 25 heavy (non-hydrogen) atoms. The molecule has 1 unspecified atom stereocenters. The minimum absolute atomic E-state index is 0.0183. The highest BCUT2D eigenvalue weighted by molar-refractivity contribution is 5.97. The van der Waals surface area contributed by atoms with Crippen molar-refractivity contribution in [1.29, 1.82) is 0 Å². The van der Waals surface area contributed by atoms with Crippen molar-refractivity contribution in [1.82, 2.24) is 5.32 Å². The van der Waals surface area contributed by atoms with Gasteiger partial charge in [0.1, 0.15) is 0 Å². The third kappa shape index (κ3) is 4.27. The van der Waals surface area contributed by atoms with Crippen LogP contribution in [0.1, 0.15) is 64.4 Å². The molecule has 1 aliphatic carbocycles. The summed E-state index contributed by atoms with van der Waals surface area (Å²) in [6.45, 7) is 0. The largest absolute Gasteiger partial charge is 0.366 e. The Bertz CT molecular complexity index is 719. The van der Waals surface area contributed by atoms with Crippen molar-refractivity contribution < 1.29 is 9.59 Å². The maximum Gasteiger partial charge on any atom is 0.251 e.